The Labute approximate surface area is 139 Å². The van der Waals surface area contributed by atoms with E-state index in [0.717, 1.165) is 25.0 Å². The van der Waals surface area contributed by atoms with Crippen molar-refractivity contribution in [2.24, 2.45) is 0 Å². The summed E-state index contributed by atoms with van der Waals surface area (Å²) in [4.78, 5) is 13.8. The van der Waals surface area contributed by atoms with Crippen LogP contribution in [-0.4, -0.2) is 54.5 Å². The Bertz CT molecular complexity index is 488. The Morgan fingerprint density at radius 3 is 2.48 bits per heavy atom. The molecule has 1 saturated heterocycles. The van der Waals surface area contributed by atoms with Gasteiger partial charge in [0.05, 0.1) is 0 Å². The van der Waals surface area contributed by atoms with Crippen LogP contribution in [0.5, 0.6) is 0 Å². The number of nitrogens with zero attached hydrogens (tertiary/aromatic N) is 1. The second-order valence-electron chi connectivity index (χ2n) is 6.53. The molecule has 6 nitrogen and oxygen atoms in total. The molecule has 3 N–H and O–H groups in total. The van der Waals surface area contributed by atoms with Gasteiger partial charge in [-0.3, -0.25) is 0 Å². The van der Waals surface area contributed by atoms with E-state index in [9.17, 15) is 4.79 Å². The first-order valence-corrected chi connectivity index (χ1v) is 7.39. The van der Waals surface area contributed by atoms with Crippen LogP contribution in [0.1, 0.15) is 32.8 Å². The third kappa shape index (κ3) is 7.03. The Morgan fingerprint density at radius 1 is 1.30 bits per heavy atom. The number of carbonyl (C=O) groups excluding carboxylic acids is 1. The minimum atomic E-state index is -0.438. The van der Waals surface area contributed by atoms with E-state index in [2.05, 4.69) is 5.32 Å². The molecular weight excluding hydrogens is 295 g/mol. The fourth-order valence-corrected chi connectivity index (χ4v) is 2.32. The number of likely N-dealkylation sites (tertiary alicyclic amines) is 1. The minimum Gasteiger partial charge on any atom is -0.870 e. The van der Waals surface area contributed by atoms with Crippen molar-refractivity contribution in [1.82, 2.24) is 10.2 Å². The predicted octanol–water partition coefficient (Wildman–Crippen LogP) is 1.23. The zero-order chi connectivity index (χ0) is 15.5. The van der Waals surface area contributed by atoms with Gasteiger partial charge in [0, 0.05) is 0 Å². The van der Waals surface area contributed by atoms with Crippen LogP contribution in [0.4, 0.5) is 4.79 Å². The molecule has 1 fully saturated rings. The summed E-state index contributed by atoms with van der Waals surface area (Å²) in [6.07, 6.45) is 0.730. The Morgan fingerprint density at radius 2 is 1.91 bits per heavy atom. The molecule has 0 bridgehead atoms. The quantitative estimate of drug-likeness (QED) is 0.844. The molecular formula is C16H25BN2O4. The molecule has 0 aliphatic carbocycles. The normalized spacial score (nSPS) is 17.3. The van der Waals surface area contributed by atoms with Gasteiger partial charge in [-0.2, -0.15) is 0 Å². The summed E-state index contributed by atoms with van der Waals surface area (Å²) in [7, 11) is 5.67. The average Bonchev–Trinajstić information content (AvgIpc) is 2.85. The molecule has 1 unspecified atom stereocenters. The number of hydrogen-bond donors (Lipinski definition) is 1. The molecule has 126 valence electrons. The molecule has 1 aromatic rings. The van der Waals surface area contributed by atoms with Crippen LogP contribution >= 0.6 is 0 Å². The number of carbonyl (C=O) groups is 1. The van der Waals surface area contributed by atoms with Crippen molar-refractivity contribution < 1.29 is 20.5 Å². The first kappa shape index (κ1) is 21.4. The van der Waals surface area contributed by atoms with E-state index in [-0.39, 0.29) is 17.0 Å². The van der Waals surface area contributed by atoms with Crippen molar-refractivity contribution >= 4 is 19.4 Å². The molecule has 1 atom stereocenters. The molecule has 7 heteroatoms. The van der Waals surface area contributed by atoms with E-state index in [1.807, 2.05) is 45.0 Å². The fourth-order valence-electron chi connectivity index (χ4n) is 2.32. The summed E-state index contributed by atoms with van der Waals surface area (Å²) in [6, 6.07) is 8.15. The summed E-state index contributed by atoms with van der Waals surface area (Å²) in [5, 5.41) is 3.47. The maximum absolute atomic E-state index is 12.0. The molecule has 1 aliphatic rings. The standard InChI is InChI=1S/C16H23BN2O2.2H2O/c1-16(2,3)21-15(20)19-9-8-14(11-19)18-10-12-4-6-13(17)7-5-12;;/h4-7,14,18H,8-11H2,1-3H3;2*1H2/q+2;;/p-2. The van der Waals surface area contributed by atoms with E-state index in [4.69, 9.17) is 12.6 Å². The fraction of sp³-hybridized carbons (Fsp3) is 0.562. The van der Waals surface area contributed by atoms with E-state index >= 15 is 0 Å². The van der Waals surface area contributed by atoms with Crippen LogP contribution in [0.2, 0.25) is 0 Å². The molecule has 1 amide bonds. The van der Waals surface area contributed by atoms with Gasteiger partial charge in [0.15, 0.2) is 0 Å². The monoisotopic (exact) mass is 320 g/mol. The number of amides is 1. The van der Waals surface area contributed by atoms with Gasteiger partial charge < -0.3 is 11.0 Å². The molecule has 23 heavy (non-hydrogen) atoms. The van der Waals surface area contributed by atoms with E-state index < -0.39 is 5.60 Å². The Balaban J connectivity index is 0.00000242. The van der Waals surface area contributed by atoms with E-state index in [0.29, 0.717) is 12.6 Å². The van der Waals surface area contributed by atoms with Crippen LogP contribution in [-0.2, 0) is 11.3 Å². The summed E-state index contributed by atoms with van der Waals surface area (Å²) in [5.41, 5.74) is 1.53. The number of nitrogens with one attached hydrogen (secondary N) is 1. The molecule has 2 rings (SSSR count). The maximum atomic E-state index is 12.0. The van der Waals surface area contributed by atoms with Crippen molar-refractivity contribution in [3.8, 4) is 0 Å². The number of rotatable bonds is 3. The van der Waals surface area contributed by atoms with E-state index in [1.54, 1.807) is 4.90 Å². The van der Waals surface area contributed by atoms with Crippen molar-refractivity contribution in [1.29, 1.82) is 0 Å². The van der Waals surface area contributed by atoms with Crippen LogP contribution in [0.15, 0.2) is 24.3 Å². The molecule has 0 saturated carbocycles. The zero-order valence-electron chi connectivity index (χ0n) is 14.0. The van der Waals surface area contributed by atoms with Crippen LogP contribution in [0.3, 0.4) is 0 Å². The Hall–Kier alpha value is -1.57. The van der Waals surface area contributed by atoms with Gasteiger partial charge in [0.2, 0.25) is 0 Å². The Kier molecular flexibility index (Phi) is 8.30. The molecule has 1 aromatic carbocycles. The first-order chi connectivity index (χ1) is 9.83. The van der Waals surface area contributed by atoms with Crippen molar-refractivity contribution in [3.05, 3.63) is 29.8 Å². The summed E-state index contributed by atoms with van der Waals surface area (Å²) >= 11 is 0. The predicted molar refractivity (Wildman–Crippen MR) is 88.8 cm³/mol. The second kappa shape index (κ2) is 8.91. The summed E-state index contributed by atoms with van der Waals surface area (Å²) < 4.78 is 5.39. The summed E-state index contributed by atoms with van der Waals surface area (Å²) in [5.74, 6) is 0. The SMILES string of the molecule is [B+2]c1ccc(CNC2CCN(C(=O)OC(C)(C)C)C2)cc1.[OH-].[OH-]. The van der Waals surface area contributed by atoms with Crippen molar-refractivity contribution in [2.75, 3.05) is 13.1 Å². The van der Waals surface area contributed by atoms with Crippen LogP contribution < -0.4 is 10.8 Å². The number of hydrogen-bond acceptors (Lipinski definition) is 5. The largest absolute Gasteiger partial charge is 0.870 e. The maximum Gasteiger partial charge on any atom is -0.870 e. The minimum absolute atomic E-state index is 0. The van der Waals surface area contributed by atoms with Crippen molar-refractivity contribution in [2.45, 2.75) is 45.4 Å². The van der Waals surface area contributed by atoms with Gasteiger partial charge in [-0.25, -0.2) is 0 Å². The molecule has 0 spiro atoms. The van der Waals surface area contributed by atoms with Gasteiger partial charge in [-0.05, 0) is 20.8 Å². The van der Waals surface area contributed by atoms with Gasteiger partial charge in [-0.15, -0.1) is 0 Å². The topological polar surface area (TPSA) is 102 Å². The van der Waals surface area contributed by atoms with Gasteiger partial charge in [-0.1, -0.05) is 0 Å². The number of ether oxygens (including phenoxy) is 1. The van der Waals surface area contributed by atoms with Gasteiger partial charge in [0.25, 0.3) is 0 Å². The van der Waals surface area contributed by atoms with Crippen LogP contribution in [0, 0.1) is 0 Å². The first-order valence-electron chi connectivity index (χ1n) is 7.39. The number of benzene rings is 1. The average molecular weight is 320 g/mol. The van der Waals surface area contributed by atoms with Crippen molar-refractivity contribution in [3.63, 3.8) is 0 Å². The molecule has 0 aromatic heterocycles. The van der Waals surface area contributed by atoms with Crippen LogP contribution in [0.25, 0.3) is 0 Å². The van der Waals surface area contributed by atoms with E-state index in [1.165, 1.54) is 5.56 Å². The summed E-state index contributed by atoms with van der Waals surface area (Å²) in [6.45, 7) is 7.89. The third-order valence-corrected chi connectivity index (χ3v) is 3.41. The zero-order valence-corrected chi connectivity index (χ0v) is 14.0. The molecule has 1 aliphatic heterocycles. The third-order valence-electron chi connectivity index (χ3n) is 3.41. The second-order valence-corrected chi connectivity index (χ2v) is 6.53. The molecule has 1 heterocycles. The molecule has 0 radical (unpaired) electrons. The van der Waals surface area contributed by atoms with Gasteiger partial charge in [0.1, 0.15) is 0 Å². The smallest absolute Gasteiger partial charge is 0.870 e. The van der Waals surface area contributed by atoms with Gasteiger partial charge >= 0.3 is 107 Å².